The minimum atomic E-state index is -4.96. The van der Waals surface area contributed by atoms with Crippen molar-refractivity contribution in [3.63, 3.8) is 0 Å². The van der Waals surface area contributed by atoms with Crippen molar-refractivity contribution in [3.05, 3.63) is 54.8 Å². The van der Waals surface area contributed by atoms with Crippen molar-refractivity contribution in [2.75, 3.05) is 13.1 Å². The molecule has 3 heterocycles. The Balaban J connectivity index is 1.31. The average molecular weight is 690 g/mol. The van der Waals surface area contributed by atoms with Crippen LogP contribution in [0.3, 0.4) is 0 Å². The van der Waals surface area contributed by atoms with Crippen molar-refractivity contribution in [3.8, 4) is 5.88 Å². The Hall–Kier alpha value is -3.98. The minimum Gasteiger partial charge on any atom is -0.472 e. The first-order chi connectivity index (χ1) is 22.8. The van der Waals surface area contributed by atoms with E-state index in [1.165, 1.54) is 12.3 Å². The first-order valence-electron chi connectivity index (χ1n) is 16.2. The molecule has 48 heavy (non-hydrogen) atoms. The molecule has 258 valence electrons. The van der Waals surface area contributed by atoms with E-state index in [1.54, 1.807) is 6.07 Å². The lowest BCUT2D eigenvalue weighted by Gasteiger charge is -2.30. The molecule has 11 nitrogen and oxygen atoms in total. The molecule has 3 fully saturated rings. The third-order valence-electron chi connectivity index (χ3n) is 9.41. The van der Waals surface area contributed by atoms with Crippen molar-refractivity contribution >= 4 is 44.6 Å². The Kier molecular flexibility index (Phi) is 9.28. The summed E-state index contributed by atoms with van der Waals surface area (Å²) in [6, 6.07) is 3.51. The predicted octanol–water partition coefficient (Wildman–Crippen LogP) is 3.36. The number of hydrogen-bond acceptors (Lipinski definition) is 8. The number of sulfonamides is 1. The van der Waals surface area contributed by atoms with Crippen molar-refractivity contribution in [2.45, 2.75) is 86.5 Å². The molecule has 3 amide bonds. The highest BCUT2D eigenvalue weighted by molar-refractivity contribution is 7.91. The van der Waals surface area contributed by atoms with Crippen LogP contribution >= 0.6 is 0 Å². The zero-order valence-electron chi connectivity index (χ0n) is 26.2. The van der Waals surface area contributed by atoms with E-state index in [0.717, 1.165) is 28.7 Å². The van der Waals surface area contributed by atoms with Gasteiger partial charge < -0.3 is 15.0 Å². The number of alkyl halides is 3. The van der Waals surface area contributed by atoms with E-state index < -0.39 is 68.8 Å². The number of rotatable bonds is 6. The lowest BCUT2D eigenvalue weighted by molar-refractivity contribution is -0.177. The largest absolute Gasteiger partial charge is 0.472 e. The summed E-state index contributed by atoms with van der Waals surface area (Å²) in [5.41, 5.74) is -0.770. The second-order valence-electron chi connectivity index (χ2n) is 12.9. The van der Waals surface area contributed by atoms with Crippen LogP contribution in [-0.2, 0) is 24.4 Å². The van der Waals surface area contributed by atoms with Gasteiger partial charge in [-0.1, -0.05) is 36.8 Å². The minimum absolute atomic E-state index is 0.0400. The van der Waals surface area contributed by atoms with Crippen LogP contribution in [0.15, 0.2) is 49.2 Å². The van der Waals surface area contributed by atoms with Crippen LogP contribution in [-0.4, -0.2) is 84.3 Å². The van der Waals surface area contributed by atoms with Crippen LogP contribution in [0, 0.1) is 5.92 Å². The maximum absolute atomic E-state index is 14.3. The first kappa shape index (κ1) is 33.9. The van der Waals surface area contributed by atoms with Gasteiger partial charge in [-0.05, 0) is 68.2 Å². The lowest BCUT2D eigenvalue weighted by Crippen LogP contribution is -2.60. The molecule has 1 saturated heterocycles. The predicted molar refractivity (Wildman–Crippen MR) is 171 cm³/mol. The number of carbonyl (C=O) groups is 3. The van der Waals surface area contributed by atoms with Crippen LogP contribution in [0.4, 0.5) is 13.2 Å². The molecule has 1 aromatic carbocycles. The van der Waals surface area contributed by atoms with Crippen LogP contribution in [0.1, 0.15) is 56.9 Å². The van der Waals surface area contributed by atoms with Gasteiger partial charge in [0.2, 0.25) is 27.7 Å². The Morgan fingerprint density at radius 3 is 2.67 bits per heavy atom. The smallest absolute Gasteiger partial charge is 0.412 e. The summed E-state index contributed by atoms with van der Waals surface area (Å²) in [5.74, 6) is -3.63. The standard InChI is InChI=1S/C33H38F3N5O6S/c1-2-22-18-32(22,31(44)40-48(45,46)24-11-12-24)39-28(42)26-17-23-19-41(26)30(43)27(33(34,35)36)37-14-7-5-3-4-6-8-20-9-10-21-13-15-38-29(47-23)25(21)16-20/h2,6,8-10,13,15-16,22-24,26-27,37H,1,3-5,7,11-12,14,17-19H2,(H,39,42)(H,40,44)/t22-,23-,26-,27-,32-/m1/s1. The molecule has 0 radical (unpaired) electrons. The normalized spacial score (nSPS) is 28.3. The van der Waals surface area contributed by atoms with E-state index in [1.807, 2.05) is 30.4 Å². The lowest BCUT2D eigenvalue weighted by atomic mass is 10.1. The maximum Gasteiger partial charge on any atom is 0.412 e. The molecule has 5 atom stereocenters. The fourth-order valence-electron chi connectivity index (χ4n) is 6.45. The molecular formula is C33H38F3N5O6S. The molecule has 3 N–H and O–H groups in total. The fourth-order valence-corrected chi connectivity index (χ4v) is 7.81. The number of nitrogens with zero attached hydrogens (tertiary/aromatic N) is 2. The molecule has 15 heteroatoms. The Bertz CT molecular complexity index is 1750. The van der Waals surface area contributed by atoms with Gasteiger partial charge in [0.1, 0.15) is 17.7 Å². The third-order valence-corrected chi connectivity index (χ3v) is 11.2. The first-order valence-corrected chi connectivity index (χ1v) is 17.7. The molecule has 0 spiro atoms. The van der Waals surface area contributed by atoms with E-state index in [9.17, 15) is 36.0 Å². The molecule has 2 aromatic rings. The van der Waals surface area contributed by atoms with Gasteiger partial charge in [0.05, 0.1) is 11.8 Å². The van der Waals surface area contributed by atoms with Crippen LogP contribution in [0.25, 0.3) is 16.8 Å². The number of allylic oxidation sites excluding steroid dienone is 1. The quantitative estimate of drug-likeness (QED) is 0.392. The highest BCUT2D eigenvalue weighted by Gasteiger charge is 2.62. The van der Waals surface area contributed by atoms with Crippen molar-refractivity contribution in [1.29, 1.82) is 0 Å². The molecule has 0 unspecified atom stereocenters. The number of carbonyl (C=O) groups excluding carboxylic acids is 3. The Labute approximate surface area is 276 Å². The van der Waals surface area contributed by atoms with Crippen molar-refractivity contribution < 1.29 is 40.7 Å². The Morgan fingerprint density at radius 2 is 1.96 bits per heavy atom. The average Bonchev–Trinajstić information content (AvgIpc) is 3.96. The zero-order valence-corrected chi connectivity index (χ0v) is 27.0. The fraction of sp³-hybridized carbons (Fsp3) is 0.515. The number of amides is 3. The number of ether oxygens (including phenoxy) is 1. The van der Waals surface area contributed by atoms with Crippen LogP contribution in [0.2, 0.25) is 0 Å². The van der Waals surface area contributed by atoms with Gasteiger partial charge in [-0.2, -0.15) is 13.2 Å². The van der Waals surface area contributed by atoms with E-state index in [4.69, 9.17) is 4.74 Å². The summed E-state index contributed by atoms with van der Waals surface area (Å²) in [6.07, 6.45) is 4.17. The van der Waals surface area contributed by atoms with Gasteiger partial charge in [0.25, 0.3) is 5.91 Å². The van der Waals surface area contributed by atoms with Crippen molar-refractivity contribution in [2.24, 2.45) is 5.92 Å². The van der Waals surface area contributed by atoms with E-state index in [-0.39, 0.29) is 31.8 Å². The summed E-state index contributed by atoms with van der Waals surface area (Å²) >= 11 is 0. The summed E-state index contributed by atoms with van der Waals surface area (Å²) in [7, 11) is -3.96. The maximum atomic E-state index is 14.3. The van der Waals surface area contributed by atoms with Crippen LogP contribution < -0.4 is 20.1 Å². The molecule has 2 aliphatic heterocycles. The summed E-state index contributed by atoms with van der Waals surface area (Å²) in [5, 5.41) is 5.71. The molecule has 6 rings (SSSR count). The topological polar surface area (TPSA) is 147 Å². The SMILES string of the molecule is C=C[C@@H]1C[C@]1(NC(=O)[C@H]1C[C@@H]2CN1C(=O)[C@H](C(F)(F)F)NCCCCCC=Cc1ccc3ccnc(c3c1)O2)C(=O)NS(=O)(=O)C1CC1. The molecule has 2 saturated carbocycles. The number of benzene rings is 1. The molecule has 4 bridgehead atoms. The Morgan fingerprint density at radius 1 is 1.17 bits per heavy atom. The van der Waals surface area contributed by atoms with Crippen molar-refractivity contribution in [1.82, 2.24) is 25.2 Å². The number of fused-ring (bicyclic) bond motifs is 3. The van der Waals surface area contributed by atoms with E-state index in [2.05, 4.69) is 26.9 Å². The van der Waals surface area contributed by atoms with E-state index >= 15 is 0 Å². The van der Waals surface area contributed by atoms with Gasteiger partial charge in [0.15, 0.2) is 6.04 Å². The molecule has 4 aliphatic rings. The van der Waals surface area contributed by atoms with Gasteiger partial charge in [-0.3, -0.25) is 24.4 Å². The molecule has 1 aromatic heterocycles. The second-order valence-corrected chi connectivity index (χ2v) is 14.9. The number of halogens is 3. The molecular weight excluding hydrogens is 651 g/mol. The molecule has 2 aliphatic carbocycles. The highest BCUT2D eigenvalue weighted by atomic mass is 32.2. The van der Waals surface area contributed by atoms with E-state index in [0.29, 0.717) is 31.1 Å². The number of pyridine rings is 1. The van der Waals surface area contributed by atoms with Gasteiger partial charge in [-0.25, -0.2) is 13.4 Å². The highest BCUT2D eigenvalue weighted by Crippen LogP contribution is 2.45. The van der Waals surface area contributed by atoms with Gasteiger partial charge in [0, 0.05) is 23.9 Å². The van der Waals surface area contributed by atoms with Gasteiger partial charge in [-0.15, -0.1) is 6.58 Å². The summed E-state index contributed by atoms with van der Waals surface area (Å²) < 4.78 is 76.4. The summed E-state index contributed by atoms with van der Waals surface area (Å²) in [6.45, 7) is 3.24. The monoisotopic (exact) mass is 689 g/mol. The summed E-state index contributed by atoms with van der Waals surface area (Å²) in [4.78, 5) is 46.1. The number of hydrogen-bond donors (Lipinski definition) is 3. The van der Waals surface area contributed by atoms with Gasteiger partial charge >= 0.3 is 6.18 Å². The number of nitrogens with one attached hydrogen (secondary N) is 3. The number of aromatic nitrogens is 1. The second kappa shape index (κ2) is 13.1. The third kappa shape index (κ3) is 7.07. The zero-order chi connectivity index (χ0) is 34.3. The van der Waals surface area contributed by atoms with Crippen LogP contribution in [0.5, 0.6) is 5.88 Å².